The predicted octanol–water partition coefficient (Wildman–Crippen LogP) is 10.1. The van der Waals surface area contributed by atoms with Crippen molar-refractivity contribution in [1.82, 2.24) is 9.97 Å². The summed E-state index contributed by atoms with van der Waals surface area (Å²) in [5, 5.41) is 0. The highest BCUT2D eigenvalue weighted by molar-refractivity contribution is 5.70. The van der Waals surface area contributed by atoms with E-state index in [1.165, 1.54) is 38.9 Å². The Kier molecular flexibility index (Phi) is 5.89. The lowest BCUT2D eigenvalue weighted by molar-refractivity contribution is 0.417. The Morgan fingerprint density at radius 2 is 1.16 bits per heavy atom. The van der Waals surface area contributed by atoms with E-state index >= 15 is 0 Å². The maximum atomic E-state index is 6.80. The first kappa shape index (κ1) is 26.6. The van der Waals surface area contributed by atoms with Gasteiger partial charge in [0.05, 0.1) is 11.4 Å². The molecule has 6 aromatic rings. The van der Waals surface area contributed by atoms with Gasteiger partial charge in [0.25, 0.3) is 0 Å². The van der Waals surface area contributed by atoms with Crippen LogP contribution in [-0.2, 0) is 10.8 Å². The zero-order chi connectivity index (χ0) is 30.1. The summed E-state index contributed by atoms with van der Waals surface area (Å²) in [5.74, 6) is 1.95. The van der Waals surface area contributed by atoms with E-state index in [9.17, 15) is 0 Å². The van der Waals surface area contributed by atoms with Crippen molar-refractivity contribution >= 4 is 0 Å². The zero-order valence-electron chi connectivity index (χ0n) is 25.5. The van der Waals surface area contributed by atoms with Gasteiger partial charge in [0, 0.05) is 51.4 Å². The normalized spacial score (nSPS) is 15.7. The molecule has 3 heterocycles. The van der Waals surface area contributed by atoms with Gasteiger partial charge < -0.3 is 4.74 Å². The number of benzene rings is 4. The summed E-state index contributed by atoms with van der Waals surface area (Å²) < 4.78 is 6.80. The van der Waals surface area contributed by atoms with Gasteiger partial charge in [-0.3, -0.25) is 4.98 Å². The lowest BCUT2D eigenvalue weighted by Gasteiger charge is -2.40. The van der Waals surface area contributed by atoms with Crippen molar-refractivity contribution in [2.45, 2.75) is 44.4 Å². The van der Waals surface area contributed by atoms with Crippen molar-refractivity contribution in [2.75, 3.05) is 0 Å². The summed E-state index contributed by atoms with van der Waals surface area (Å²) in [5.41, 5.74) is 12.7. The third kappa shape index (κ3) is 4.03. The Labute approximate surface area is 259 Å². The molecular weight excluding hydrogens is 536 g/mol. The molecule has 0 bridgehead atoms. The van der Waals surface area contributed by atoms with Gasteiger partial charge in [-0.25, -0.2) is 4.98 Å². The minimum absolute atomic E-state index is 0.0614. The molecule has 0 radical (unpaired) electrons. The van der Waals surface area contributed by atoms with Gasteiger partial charge in [-0.2, -0.15) is 0 Å². The molecule has 2 aromatic heterocycles. The first-order valence-electron chi connectivity index (χ1n) is 15.4. The van der Waals surface area contributed by atoms with Gasteiger partial charge >= 0.3 is 0 Å². The minimum Gasteiger partial charge on any atom is -0.457 e. The van der Waals surface area contributed by atoms with E-state index in [2.05, 4.69) is 130 Å². The lowest BCUT2D eigenvalue weighted by atomic mass is 9.63. The average molecular weight is 571 g/mol. The van der Waals surface area contributed by atoms with Crippen LogP contribution in [0.2, 0.25) is 0 Å². The average Bonchev–Trinajstić information content (AvgIpc) is 3.05. The highest BCUT2D eigenvalue weighted by Gasteiger charge is 2.39. The van der Waals surface area contributed by atoms with Crippen LogP contribution in [0.5, 0.6) is 11.5 Å². The zero-order valence-corrected chi connectivity index (χ0v) is 25.5. The fourth-order valence-electron chi connectivity index (χ4n) is 7.44. The largest absolute Gasteiger partial charge is 0.457 e. The summed E-state index contributed by atoms with van der Waals surface area (Å²) >= 11 is 0. The van der Waals surface area contributed by atoms with Crippen molar-refractivity contribution in [2.24, 2.45) is 0 Å². The molecule has 3 nitrogen and oxygen atoms in total. The van der Waals surface area contributed by atoms with E-state index in [0.29, 0.717) is 0 Å². The molecular formula is C41H34N2O. The molecule has 214 valence electrons. The molecule has 0 saturated heterocycles. The summed E-state index contributed by atoms with van der Waals surface area (Å²) in [6.07, 6.45) is 3.63. The summed E-state index contributed by atoms with van der Waals surface area (Å²) in [6, 6.07) is 41.4. The van der Waals surface area contributed by atoms with Crippen LogP contribution in [0.4, 0.5) is 0 Å². The third-order valence-corrected chi connectivity index (χ3v) is 9.78. The highest BCUT2D eigenvalue weighted by Crippen LogP contribution is 2.53. The summed E-state index contributed by atoms with van der Waals surface area (Å²) in [6.45, 7) is 9.27. The maximum absolute atomic E-state index is 6.80. The number of ether oxygens (including phenoxy) is 1. The molecule has 0 unspecified atom stereocenters. The van der Waals surface area contributed by atoms with E-state index in [-0.39, 0.29) is 16.7 Å². The van der Waals surface area contributed by atoms with Crippen molar-refractivity contribution in [1.29, 1.82) is 0 Å². The molecule has 0 amide bonds. The van der Waals surface area contributed by atoms with Crippen molar-refractivity contribution in [3.8, 4) is 34.0 Å². The fraction of sp³-hybridized carbons (Fsp3) is 0.171. The van der Waals surface area contributed by atoms with Crippen LogP contribution in [0.15, 0.2) is 128 Å². The fourth-order valence-corrected chi connectivity index (χ4v) is 7.44. The molecule has 8 rings (SSSR count). The Morgan fingerprint density at radius 1 is 0.545 bits per heavy atom. The Hall–Kier alpha value is -5.02. The Bertz CT molecular complexity index is 2010. The minimum atomic E-state index is -0.213. The summed E-state index contributed by atoms with van der Waals surface area (Å²) in [7, 11) is 0. The van der Waals surface area contributed by atoms with Crippen LogP contribution < -0.4 is 4.74 Å². The van der Waals surface area contributed by atoms with E-state index in [4.69, 9.17) is 9.72 Å². The molecule has 3 heteroatoms. The number of hydrogen-bond acceptors (Lipinski definition) is 3. The number of nitrogens with zero attached hydrogens (tertiary/aromatic N) is 2. The molecule has 1 aliphatic heterocycles. The third-order valence-electron chi connectivity index (χ3n) is 9.78. The predicted molar refractivity (Wildman–Crippen MR) is 178 cm³/mol. The molecule has 0 fully saturated rings. The van der Waals surface area contributed by atoms with Crippen molar-refractivity contribution < 1.29 is 4.74 Å². The van der Waals surface area contributed by atoms with Gasteiger partial charge in [0.1, 0.15) is 11.5 Å². The van der Waals surface area contributed by atoms with E-state index in [0.717, 1.165) is 34.0 Å². The Balaban J connectivity index is 1.22. The van der Waals surface area contributed by atoms with Crippen molar-refractivity contribution in [3.05, 3.63) is 167 Å². The first-order valence-corrected chi connectivity index (χ1v) is 15.4. The molecule has 44 heavy (non-hydrogen) atoms. The van der Waals surface area contributed by atoms with Gasteiger partial charge in [0.15, 0.2) is 0 Å². The number of rotatable bonds is 3. The van der Waals surface area contributed by atoms with Crippen LogP contribution in [-0.4, -0.2) is 9.97 Å². The van der Waals surface area contributed by atoms with Crippen molar-refractivity contribution in [3.63, 3.8) is 0 Å². The Morgan fingerprint density at radius 3 is 1.84 bits per heavy atom. The van der Waals surface area contributed by atoms with E-state index in [1.807, 2.05) is 24.4 Å². The van der Waals surface area contributed by atoms with Crippen LogP contribution in [0.25, 0.3) is 22.5 Å². The standard InChI is InChI=1S/C41H34N2O/c1-40(2)31-14-7-5-12-29(31)39(30-13-6-8-15-32(30)40)27-19-21-34-38(24-27)44-37-23-26(18-20-33(37)41(34,3)4)35-16-9-17-36(43-35)28-11-10-22-42-25-28/h5-25,39H,1-4H3. The molecule has 0 N–H and O–H groups in total. The SMILES string of the molecule is CC1(C)c2ccc(-c3cccc(-c4cccnc4)n3)cc2Oc2cc(C3c4ccccc4C(C)(C)c4ccccc43)ccc21. The van der Waals surface area contributed by atoms with Gasteiger partial charge in [-0.15, -0.1) is 0 Å². The molecule has 1 aliphatic carbocycles. The molecule has 0 saturated carbocycles. The summed E-state index contributed by atoms with van der Waals surface area (Å²) in [4.78, 5) is 9.25. The second-order valence-corrected chi connectivity index (χ2v) is 13.1. The quantitative estimate of drug-likeness (QED) is 0.212. The monoisotopic (exact) mass is 570 g/mol. The number of pyridine rings is 2. The molecule has 2 aliphatic rings. The molecule has 0 spiro atoms. The highest BCUT2D eigenvalue weighted by atomic mass is 16.5. The number of fused-ring (bicyclic) bond motifs is 4. The van der Waals surface area contributed by atoms with Crippen LogP contribution in [0.1, 0.15) is 72.6 Å². The molecule has 4 aromatic carbocycles. The topological polar surface area (TPSA) is 35.0 Å². The second-order valence-electron chi connectivity index (χ2n) is 13.1. The van der Waals surface area contributed by atoms with E-state index < -0.39 is 0 Å². The second kappa shape index (κ2) is 9.75. The number of aromatic nitrogens is 2. The maximum Gasteiger partial charge on any atom is 0.132 e. The van der Waals surface area contributed by atoms with Crippen LogP contribution in [0, 0.1) is 0 Å². The van der Waals surface area contributed by atoms with Gasteiger partial charge in [-0.1, -0.05) is 107 Å². The number of hydrogen-bond donors (Lipinski definition) is 0. The van der Waals surface area contributed by atoms with E-state index in [1.54, 1.807) is 6.20 Å². The van der Waals surface area contributed by atoms with Crippen LogP contribution >= 0.6 is 0 Å². The first-order chi connectivity index (χ1) is 21.3. The molecule has 0 atom stereocenters. The van der Waals surface area contributed by atoms with Gasteiger partial charge in [0.2, 0.25) is 0 Å². The van der Waals surface area contributed by atoms with Gasteiger partial charge in [-0.05, 0) is 64.2 Å². The lowest BCUT2D eigenvalue weighted by Crippen LogP contribution is -2.30. The smallest absolute Gasteiger partial charge is 0.132 e. The van der Waals surface area contributed by atoms with Crippen LogP contribution in [0.3, 0.4) is 0 Å².